The van der Waals surface area contributed by atoms with Gasteiger partial charge in [-0.25, -0.2) is 4.98 Å². The predicted octanol–water partition coefficient (Wildman–Crippen LogP) is -1.43. The van der Waals surface area contributed by atoms with E-state index in [-0.39, 0.29) is 17.7 Å². The Hall–Kier alpha value is -1.84. The van der Waals surface area contributed by atoms with Crippen molar-refractivity contribution in [2.24, 2.45) is 10.2 Å². The molecule has 1 saturated heterocycles. The molecule has 0 saturated carbocycles. The van der Waals surface area contributed by atoms with Gasteiger partial charge >= 0.3 is 0 Å². The van der Waals surface area contributed by atoms with Crippen LogP contribution in [0.5, 0.6) is 0 Å². The number of nitrogens with two attached hydrogens (primary N) is 1. The molecule has 0 radical (unpaired) electrons. The number of nitrogens with one attached hydrogen (secondary N) is 2. The van der Waals surface area contributed by atoms with Gasteiger partial charge in [0.05, 0.1) is 18.2 Å². The number of aliphatic hydroxyl groups excluding tert-OH is 2. The molecule has 1 aromatic heterocycles. The van der Waals surface area contributed by atoms with Gasteiger partial charge in [-0.1, -0.05) is 0 Å². The molecule has 3 heterocycles. The molecule has 9 heteroatoms. The van der Waals surface area contributed by atoms with Gasteiger partial charge in [0.1, 0.15) is 11.7 Å². The van der Waals surface area contributed by atoms with E-state index >= 15 is 0 Å². The van der Waals surface area contributed by atoms with Gasteiger partial charge in [-0.15, -0.1) is 5.11 Å². The summed E-state index contributed by atoms with van der Waals surface area (Å²) in [7, 11) is 0. The van der Waals surface area contributed by atoms with Crippen molar-refractivity contribution in [1.29, 1.82) is 0 Å². The standard InChI is InChI=1S/C10H14N6O3/c1-2-7(17)8(18)5(12-2)4-3-6(16-15-4)9(19)14-10(11)13-3/h2,4-5,7-8,12,17-18H,1H3,(H3,11,13,14,19)/t2-,4?,5+,7-,8+/m1/s1. The second-order valence-electron chi connectivity index (χ2n) is 4.81. The maximum atomic E-state index is 11.6. The van der Waals surface area contributed by atoms with Crippen LogP contribution in [-0.4, -0.2) is 44.5 Å². The maximum Gasteiger partial charge on any atom is 0.280 e. The van der Waals surface area contributed by atoms with Crippen LogP contribution in [0.25, 0.3) is 0 Å². The summed E-state index contributed by atoms with van der Waals surface area (Å²) in [6.07, 6.45) is -1.91. The number of azo groups is 1. The lowest BCUT2D eigenvalue weighted by atomic mass is 10.00. The average molecular weight is 266 g/mol. The van der Waals surface area contributed by atoms with Crippen LogP contribution >= 0.6 is 0 Å². The summed E-state index contributed by atoms with van der Waals surface area (Å²) in [6, 6.07) is -1.46. The average Bonchev–Trinajstić information content (AvgIpc) is 2.86. The molecule has 19 heavy (non-hydrogen) atoms. The van der Waals surface area contributed by atoms with Gasteiger partial charge in [0.15, 0.2) is 5.69 Å². The lowest BCUT2D eigenvalue weighted by Gasteiger charge is -2.19. The molecule has 0 aromatic carbocycles. The molecule has 2 aliphatic heterocycles. The van der Waals surface area contributed by atoms with Crippen LogP contribution in [0, 0.1) is 0 Å². The lowest BCUT2D eigenvalue weighted by Crippen LogP contribution is -2.38. The van der Waals surface area contributed by atoms with E-state index in [0.29, 0.717) is 5.69 Å². The number of aliphatic hydroxyl groups is 2. The number of anilines is 1. The van der Waals surface area contributed by atoms with Crippen molar-refractivity contribution >= 4 is 11.6 Å². The van der Waals surface area contributed by atoms with E-state index in [2.05, 4.69) is 25.5 Å². The molecule has 0 amide bonds. The lowest BCUT2D eigenvalue weighted by molar-refractivity contribution is 0.0267. The minimum atomic E-state index is -1.01. The summed E-state index contributed by atoms with van der Waals surface area (Å²) in [4.78, 5) is 18.0. The molecule has 3 rings (SSSR count). The van der Waals surface area contributed by atoms with E-state index in [0.717, 1.165) is 0 Å². The largest absolute Gasteiger partial charge is 0.389 e. The van der Waals surface area contributed by atoms with Crippen LogP contribution in [0.2, 0.25) is 0 Å². The summed E-state index contributed by atoms with van der Waals surface area (Å²) in [5.41, 5.74) is 5.45. The summed E-state index contributed by atoms with van der Waals surface area (Å²) in [6.45, 7) is 1.75. The van der Waals surface area contributed by atoms with Crippen molar-refractivity contribution in [1.82, 2.24) is 15.3 Å². The SMILES string of the molecule is C[C@H]1N[C@@H](C2N=Nc3c2nc(N)[nH]c3=O)[C@H](O)[C@@H]1O. The van der Waals surface area contributed by atoms with Gasteiger partial charge < -0.3 is 21.3 Å². The fourth-order valence-electron chi connectivity index (χ4n) is 2.51. The molecular formula is C10H14N6O3. The highest BCUT2D eigenvalue weighted by Gasteiger charge is 2.46. The third-order valence-electron chi connectivity index (χ3n) is 3.53. The Kier molecular flexibility index (Phi) is 2.62. The first kappa shape index (κ1) is 12.2. The molecule has 102 valence electrons. The number of H-pyrrole nitrogens is 1. The van der Waals surface area contributed by atoms with Crippen molar-refractivity contribution < 1.29 is 10.2 Å². The number of nitrogen functional groups attached to an aromatic ring is 1. The van der Waals surface area contributed by atoms with Gasteiger partial charge in [-0.2, -0.15) is 5.11 Å². The summed E-state index contributed by atoms with van der Waals surface area (Å²) < 4.78 is 0. The van der Waals surface area contributed by atoms with Crippen LogP contribution in [0.3, 0.4) is 0 Å². The minimum Gasteiger partial charge on any atom is -0.389 e. The van der Waals surface area contributed by atoms with Crippen molar-refractivity contribution in [2.75, 3.05) is 5.73 Å². The van der Waals surface area contributed by atoms with Gasteiger partial charge in [-0.05, 0) is 6.92 Å². The smallest absolute Gasteiger partial charge is 0.280 e. The predicted molar refractivity (Wildman–Crippen MR) is 64.9 cm³/mol. The molecule has 0 bridgehead atoms. The van der Waals surface area contributed by atoms with Crippen molar-refractivity contribution in [3.05, 3.63) is 16.0 Å². The number of aromatic nitrogens is 2. The minimum absolute atomic E-state index is 0.0258. The topological polar surface area (TPSA) is 149 Å². The van der Waals surface area contributed by atoms with E-state index < -0.39 is 29.9 Å². The van der Waals surface area contributed by atoms with Crippen LogP contribution in [0.4, 0.5) is 11.6 Å². The Morgan fingerprint density at radius 3 is 2.68 bits per heavy atom. The summed E-state index contributed by atoms with van der Waals surface area (Å²) in [5.74, 6) is -0.0258. The summed E-state index contributed by atoms with van der Waals surface area (Å²) in [5, 5.41) is 30.5. The third-order valence-corrected chi connectivity index (χ3v) is 3.53. The van der Waals surface area contributed by atoms with E-state index in [1.54, 1.807) is 6.92 Å². The highest BCUT2D eigenvalue weighted by molar-refractivity contribution is 5.47. The number of hydrogen-bond acceptors (Lipinski definition) is 8. The van der Waals surface area contributed by atoms with Crippen LogP contribution in [-0.2, 0) is 0 Å². The Labute approximate surface area is 107 Å². The zero-order valence-electron chi connectivity index (χ0n) is 10.1. The molecule has 1 unspecified atom stereocenters. The molecule has 9 nitrogen and oxygen atoms in total. The second kappa shape index (κ2) is 4.08. The summed E-state index contributed by atoms with van der Waals surface area (Å²) >= 11 is 0. The normalized spacial score (nSPS) is 36.7. The van der Waals surface area contributed by atoms with Crippen molar-refractivity contribution in [3.63, 3.8) is 0 Å². The van der Waals surface area contributed by atoms with E-state index in [4.69, 9.17) is 5.73 Å². The number of nitrogens with zero attached hydrogens (tertiary/aromatic N) is 3. The molecule has 0 aliphatic carbocycles. The maximum absolute atomic E-state index is 11.6. The first-order chi connectivity index (χ1) is 8.99. The number of rotatable bonds is 1. The van der Waals surface area contributed by atoms with Crippen molar-refractivity contribution in [2.45, 2.75) is 37.3 Å². The molecular weight excluding hydrogens is 252 g/mol. The Balaban J connectivity index is 2.00. The van der Waals surface area contributed by atoms with Gasteiger partial charge in [-0.3, -0.25) is 9.78 Å². The van der Waals surface area contributed by atoms with Gasteiger partial charge in [0, 0.05) is 6.04 Å². The molecule has 0 spiro atoms. The number of aromatic amines is 1. The van der Waals surface area contributed by atoms with Gasteiger partial charge in [0.25, 0.3) is 5.56 Å². The molecule has 1 aromatic rings. The zero-order chi connectivity index (χ0) is 13.7. The Morgan fingerprint density at radius 1 is 1.32 bits per heavy atom. The van der Waals surface area contributed by atoms with E-state index in [1.807, 2.05) is 0 Å². The molecule has 2 aliphatic rings. The molecule has 5 atom stereocenters. The third kappa shape index (κ3) is 1.74. The van der Waals surface area contributed by atoms with Crippen LogP contribution < -0.4 is 16.6 Å². The van der Waals surface area contributed by atoms with E-state index in [1.165, 1.54) is 0 Å². The van der Waals surface area contributed by atoms with Crippen LogP contribution in [0.1, 0.15) is 18.7 Å². The monoisotopic (exact) mass is 266 g/mol. The Bertz CT molecular complexity index is 599. The number of fused-ring (bicyclic) bond motifs is 1. The fourth-order valence-corrected chi connectivity index (χ4v) is 2.51. The second-order valence-corrected chi connectivity index (χ2v) is 4.81. The zero-order valence-corrected chi connectivity index (χ0v) is 10.1. The van der Waals surface area contributed by atoms with E-state index in [9.17, 15) is 15.0 Å². The quantitative estimate of drug-likeness (QED) is 0.421. The highest BCUT2D eigenvalue weighted by Crippen LogP contribution is 2.37. The van der Waals surface area contributed by atoms with Gasteiger partial charge in [0.2, 0.25) is 5.95 Å². The molecule has 1 fully saturated rings. The fraction of sp³-hybridized carbons (Fsp3) is 0.600. The first-order valence-corrected chi connectivity index (χ1v) is 5.91. The number of hydrogen-bond donors (Lipinski definition) is 5. The Morgan fingerprint density at radius 2 is 2.05 bits per heavy atom. The van der Waals surface area contributed by atoms with Crippen LogP contribution in [0.15, 0.2) is 15.0 Å². The molecule has 6 N–H and O–H groups in total. The highest BCUT2D eigenvalue weighted by atomic mass is 16.3. The van der Waals surface area contributed by atoms with Crippen molar-refractivity contribution in [3.8, 4) is 0 Å². The first-order valence-electron chi connectivity index (χ1n) is 5.91.